The van der Waals surface area contributed by atoms with Gasteiger partial charge in [0, 0.05) is 0 Å². The van der Waals surface area contributed by atoms with Gasteiger partial charge in [0.2, 0.25) is 0 Å². The van der Waals surface area contributed by atoms with Gasteiger partial charge in [-0.1, -0.05) is 19.8 Å². The highest BCUT2D eigenvalue weighted by atomic mass is 15.1. The lowest BCUT2D eigenvalue weighted by molar-refractivity contribution is -0.877. The van der Waals surface area contributed by atoms with E-state index in [1.165, 1.54) is 38.8 Å². The largest absolute Gasteiger partial charge is 0.338 e. The van der Waals surface area contributed by atoms with Gasteiger partial charge in [-0.2, -0.15) is 0 Å². The van der Waals surface area contributed by atoms with Crippen molar-refractivity contribution in [3.63, 3.8) is 0 Å². The lowest BCUT2D eigenvalue weighted by Crippen LogP contribution is -3.08. The van der Waals surface area contributed by atoms with Gasteiger partial charge in [0.05, 0.1) is 20.1 Å². The van der Waals surface area contributed by atoms with E-state index in [9.17, 15) is 0 Å². The van der Waals surface area contributed by atoms with E-state index in [0.717, 1.165) is 0 Å². The van der Waals surface area contributed by atoms with Crippen LogP contribution < -0.4 is 4.90 Å². The summed E-state index contributed by atoms with van der Waals surface area (Å²) in [6, 6.07) is 0. The first-order valence-corrected chi connectivity index (χ1v) is 4.62. The molecule has 0 aliphatic rings. The Morgan fingerprint density at radius 3 is 2.20 bits per heavy atom. The molecule has 0 fully saturated rings. The average molecular weight is 144 g/mol. The molecule has 0 heterocycles. The molecule has 1 heteroatoms. The molecule has 0 aromatic carbocycles. The molecule has 0 aromatic heterocycles. The molecule has 0 amide bonds. The molecule has 1 N–H and O–H groups in total. The molecule has 0 saturated heterocycles. The maximum atomic E-state index is 2.27. The molecular weight excluding hydrogens is 122 g/mol. The predicted octanol–water partition coefficient (Wildman–Crippen LogP) is 1.10. The molecule has 1 nitrogen and oxygen atoms in total. The second kappa shape index (κ2) is 7.07. The van der Waals surface area contributed by atoms with Gasteiger partial charge in [-0.15, -0.1) is 0 Å². The fourth-order valence-electron chi connectivity index (χ4n) is 1.03. The Kier molecular flexibility index (Phi) is 7.04. The van der Waals surface area contributed by atoms with Crippen molar-refractivity contribution in [2.75, 3.05) is 20.1 Å². The van der Waals surface area contributed by atoms with Crippen molar-refractivity contribution in [1.29, 1.82) is 0 Å². The first-order chi connectivity index (χ1) is 4.81. The minimum Gasteiger partial charge on any atom is -0.338 e. The lowest BCUT2D eigenvalue weighted by Gasteiger charge is -2.09. The van der Waals surface area contributed by atoms with Crippen LogP contribution in [0, 0.1) is 0 Å². The van der Waals surface area contributed by atoms with Crippen LogP contribution in [0.25, 0.3) is 0 Å². The monoisotopic (exact) mass is 144 g/mol. The van der Waals surface area contributed by atoms with Crippen molar-refractivity contribution in [2.24, 2.45) is 0 Å². The third kappa shape index (κ3) is 6.09. The highest BCUT2D eigenvalue weighted by Crippen LogP contribution is 1.95. The summed E-state index contributed by atoms with van der Waals surface area (Å²) in [6.45, 7) is 7.13. The van der Waals surface area contributed by atoms with E-state index < -0.39 is 0 Å². The van der Waals surface area contributed by atoms with Gasteiger partial charge >= 0.3 is 0 Å². The quantitative estimate of drug-likeness (QED) is 0.532. The summed E-state index contributed by atoms with van der Waals surface area (Å²) < 4.78 is 0. The lowest BCUT2D eigenvalue weighted by atomic mass is 10.2. The Balaban J connectivity index is 2.89. The zero-order chi connectivity index (χ0) is 7.82. The molecule has 0 aliphatic carbocycles. The molecule has 0 aliphatic heterocycles. The number of hydrogen-bond acceptors (Lipinski definition) is 0. The van der Waals surface area contributed by atoms with Gasteiger partial charge in [-0.25, -0.2) is 0 Å². The molecule has 62 valence electrons. The van der Waals surface area contributed by atoms with Crippen LogP contribution >= 0.6 is 0 Å². The highest BCUT2D eigenvalue weighted by molar-refractivity contribution is 4.36. The van der Waals surface area contributed by atoms with Crippen LogP contribution in [0.5, 0.6) is 0 Å². The summed E-state index contributed by atoms with van der Waals surface area (Å²) in [7, 11) is 2.27. The second-order valence-electron chi connectivity index (χ2n) is 3.12. The second-order valence-corrected chi connectivity index (χ2v) is 3.12. The number of nitrogens with one attached hydrogen (secondary N) is 1. The van der Waals surface area contributed by atoms with Crippen LogP contribution in [-0.4, -0.2) is 20.1 Å². The van der Waals surface area contributed by atoms with Gasteiger partial charge in [0.1, 0.15) is 0 Å². The van der Waals surface area contributed by atoms with Gasteiger partial charge in [0.25, 0.3) is 0 Å². The van der Waals surface area contributed by atoms with Crippen molar-refractivity contribution in [3.8, 4) is 0 Å². The zero-order valence-corrected chi connectivity index (χ0v) is 7.74. The first kappa shape index (κ1) is 9.96. The maximum Gasteiger partial charge on any atom is 0.0768 e. The van der Waals surface area contributed by atoms with Crippen molar-refractivity contribution >= 4 is 0 Å². The Labute approximate surface area is 65.4 Å². The van der Waals surface area contributed by atoms with Crippen molar-refractivity contribution in [3.05, 3.63) is 0 Å². The third-order valence-electron chi connectivity index (χ3n) is 2.06. The van der Waals surface area contributed by atoms with Crippen LogP contribution in [0.4, 0.5) is 0 Å². The Bertz CT molecular complexity index is 61.7. The summed E-state index contributed by atoms with van der Waals surface area (Å²) in [5, 5.41) is 0. The minimum absolute atomic E-state index is 1.27. The number of quaternary nitrogens is 1. The van der Waals surface area contributed by atoms with Gasteiger partial charge < -0.3 is 4.90 Å². The molecule has 0 spiro atoms. The van der Waals surface area contributed by atoms with Gasteiger partial charge in [-0.3, -0.25) is 0 Å². The summed E-state index contributed by atoms with van der Waals surface area (Å²) in [5.74, 6) is 0. The SMILES string of the molecule is CCCCCC[NH+](C)CC. The standard InChI is InChI=1S/C9H21N/c1-4-6-7-8-9-10(3)5-2/h4-9H2,1-3H3/p+1. The third-order valence-corrected chi connectivity index (χ3v) is 2.06. The van der Waals surface area contributed by atoms with Crippen molar-refractivity contribution in [2.45, 2.75) is 39.5 Å². The zero-order valence-electron chi connectivity index (χ0n) is 7.74. The average Bonchev–Trinajstić information content (AvgIpc) is 1.98. The van der Waals surface area contributed by atoms with Crippen molar-refractivity contribution < 1.29 is 4.90 Å². The van der Waals surface area contributed by atoms with E-state index in [4.69, 9.17) is 0 Å². The fourth-order valence-corrected chi connectivity index (χ4v) is 1.03. The molecular formula is C9H22N+. The first-order valence-electron chi connectivity index (χ1n) is 4.62. The van der Waals surface area contributed by atoms with Crippen LogP contribution in [0.2, 0.25) is 0 Å². The smallest absolute Gasteiger partial charge is 0.0768 e. The van der Waals surface area contributed by atoms with Crippen LogP contribution in [-0.2, 0) is 0 Å². The molecule has 0 bridgehead atoms. The predicted molar refractivity (Wildman–Crippen MR) is 46.4 cm³/mol. The molecule has 1 atom stereocenters. The fraction of sp³-hybridized carbons (Fsp3) is 1.00. The minimum atomic E-state index is 1.27. The maximum absolute atomic E-state index is 2.27. The Morgan fingerprint density at radius 1 is 1.00 bits per heavy atom. The number of unbranched alkanes of at least 4 members (excludes halogenated alkanes) is 3. The van der Waals surface area contributed by atoms with E-state index in [2.05, 4.69) is 20.9 Å². The normalized spacial score (nSPS) is 13.5. The molecule has 1 unspecified atom stereocenters. The molecule has 0 radical (unpaired) electrons. The number of rotatable bonds is 6. The van der Waals surface area contributed by atoms with E-state index in [1.54, 1.807) is 4.90 Å². The molecule has 0 saturated carbocycles. The molecule has 0 rings (SSSR count). The number of hydrogen-bond donors (Lipinski definition) is 1. The van der Waals surface area contributed by atoms with E-state index in [1.807, 2.05) is 0 Å². The molecule has 0 aromatic rings. The summed E-state index contributed by atoms with van der Waals surface area (Å²) in [5.41, 5.74) is 0. The van der Waals surface area contributed by atoms with Crippen LogP contribution in [0.15, 0.2) is 0 Å². The van der Waals surface area contributed by atoms with Crippen LogP contribution in [0.3, 0.4) is 0 Å². The van der Waals surface area contributed by atoms with Gasteiger partial charge in [0.15, 0.2) is 0 Å². The Morgan fingerprint density at radius 2 is 1.70 bits per heavy atom. The topological polar surface area (TPSA) is 4.44 Å². The highest BCUT2D eigenvalue weighted by Gasteiger charge is 1.95. The van der Waals surface area contributed by atoms with E-state index in [-0.39, 0.29) is 0 Å². The summed E-state index contributed by atoms with van der Waals surface area (Å²) >= 11 is 0. The van der Waals surface area contributed by atoms with E-state index in [0.29, 0.717) is 0 Å². The van der Waals surface area contributed by atoms with Crippen LogP contribution in [0.1, 0.15) is 39.5 Å². The summed E-state index contributed by atoms with van der Waals surface area (Å²) in [4.78, 5) is 1.66. The Hall–Kier alpha value is -0.0400. The summed E-state index contributed by atoms with van der Waals surface area (Å²) in [6.07, 6.45) is 5.60. The van der Waals surface area contributed by atoms with E-state index >= 15 is 0 Å². The molecule has 10 heavy (non-hydrogen) atoms. The van der Waals surface area contributed by atoms with Crippen molar-refractivity contribution in [1.82, 2.24) is 0 Å². The van der Waals surface area contributed by atoms with Gasteiger partial charge in [-0.05, 0) is 19.8 Å².